The number of nitrogens with one attached hydrogen (secondary N) is 1. The fourth-order valence-electron chi connectivity index (χ4n) is 2.71. The molecule has 0 spiro atoms. The first-order chi connectivity index (χ1) is 11.7. The van der Waals surface area contributed by atoms with Gasteiger partial charge >= 0.3 is 6.18 Å². The van der Waals surface area contributed by atoms with Crippen LogP contribution in [-0.2, 0) is 4.79 Å². The summed E-state index contributed by atoms with van der Waals surface area (Å²) in [6.07, 6.45) is -7.28. The minimum absolute atomic E-state index is 0.00751. The fourth-order valence-corrected chi connectivity index (χ4v) is 2.71. The molecule has 1 aliphatic rings. The third kappa shape index (κ3) is 3.77. The molecule has 2 heterocycles. The van der Waals surface area contributed by atoms with Crippen LogP contribution < -0.4 is 5.32 Å². The Bertz CT molecular complexity index is 795. The van der Waals surface area contributed by atoms with E-state index in [1.54, 1.807) is 18.2 Å². The van der Waals surface area contributed by atoms with Gasteiger partial charge in [-0.1, -0.05) is 12.1 Å². The number of likely N-dealkylation sites (tertiary alicyclic amines) is 1. The Hall–Kier alpha value is -2.52. The Balaban J connectivity index is 1.87. The third-order valence-electron chi connectivity index (χ3n) is 3.79. The zero-order chi connectivity index (χ0) is 18.2. The van der Waals surface area contributed by atoms with Gasteiger partial charge in [0.2, 0.25) is 5.91 Å². The van der Waals surface area contributed by atoms with E-state index < -0.39 is 36.9 Å². The molecule has 1 fully saturated rings. The van der Waals surface area contributed by atoms with E-state index in [-0.39, 0.29) is 24.3 Å². The molecule has 1 atom stereocenters. The number of fused-ring (bicyclic) bond motifs is 1. The summed E-state index contributed by atoms with van der Waals surface area (Å²) < 4.78 is 63.3. The van der Waals surface area contributed by atoms with Gasteiger partial charge in [0.1, 0.15) is 18.4 Å². The van der Waals surface area contributed by atoms with Crippen LogP contribution in [0.1, 0.15) is 18.7 Å². The summed E-state index contributed by atoms with van der Waals surface area (Å²) in [4.78, 5) is 20.3. The smallest absolute Gasteiger partial charge is 0.358 e. The Morgan fingerprint density at radius 1 is 1.24 bits per heavy atom. The van der Waals surface area contributed by atoms with Crippen LogP contribution in [0.2, 0.25) is 0 Å². The number of hydrogen-bond acceptors (Lipinski definition) is 4. The van der Waals surface area contributed by atoms with E-state index >= 15 is 0 Å². The van der Waals surface area contributed by atoms with Crippen LogP contribution in [0.5, 0.6) is 0 Å². The molecule has 3 rings (SSSR count). The van der Waals surface area contributed by atoms with Crippen molar-refractivity contribution in [2.75, 3.05) is 18.4 Å². The quantitative estimate of drug-likeness (QED) is 0.851. The number of alkyl halides is 5. The maximum atomic E-state index is 13.0. The molecule has 134 valence electrons. The minimum Gasteiger partial charge on any atom is -0.358 e. The second kappa shape index (κ2) is 6.41. The Kier molecular flexibility index (Phi) is 4.44. The average Bonchev–Trinajstić information content (AvgIpc) is 2.86. The first kappa shape index (κ1) is 17.3. The minimum atomic E-state index is -4.49. The van der Waals surface area contributed by atoms with E-state index in [0.29, 0.717) is 10.3 Å². The van der Waals surface area contributed by atoms with Gasteiger partial charge in [0.25, 0.3) is 6.43 Å². The number of para-hydroxylation sites is 1. The van der Waals surface area contributed by atoms with E-state index in [2.05, 4.69) is 15.3 Å². The van der Waals surface area contributed by atoms with Gasteiger partial charge in [-0.2, -0.15) is 13.2 Å². The maximum absolute atomic E-state index is 13.0. The van der Waals surface area contributed by atoms with Crippen LogP contribution >= 0.6 is 0 Å². The van der Waals surface area contributed by atoms with Crippen molar-refractivity contribution in [3.05, 3.63) is 30.1 Å². The highest BCUT2D eigenvalue weighted by Crippen LogP contribution is 2.27. The van der Waals surface area contributed by atoms with Gasteiger partial charge in [-0.05, 0) is 18.6 Å². The van der Waals surface area contributed by atoms with E-state index in [4.69, 9.17) is 0 Å². The predicted octanol–water partition coefficient (Wildman–Crippen LogP) is 3.14. The zero-order valence-electron chi connectivity index (χ0n) is 12.7. The number of amides is 1. The maximum Gasteiger partial charge on any atom is 0.406 e. The summed E-state index contributed by atoms with van der Waals surface area (Å²) in [6.45, 7) is -1.41. The van der Waals surface area contributed by atoms with Crippen LogP contribution in [0.15, 0.2) is 24.3 Å². The van der Waals surface area contributed by atoms with Crippen LogP contribution in [0, 0.1) is 0 Å². The van der Waals surface area contributed by atoms with E-state index in [1.165, 1.54) is 6.07 Å². The second-order valence-corrected chi connectivity index (χ2v) is 5.61. The van der Waals surface area contributed by atoms with Crippen molar-refractivity contribution in [1.29, 1.82) is 0 Å². The molecule has 0 saturated carbocycles. The van der Waals surface area contributed by atoms with E-state index in [1.807, 2.05) is 0 Å². The fraction of sp³-hybridized carbons (Fsp3) is 0.400. The van der Waals surface area contributed by atoms with Crippen molar-refractivity contribution < 1.29 is 26.7 Å². The van der Waals surface area contributed by atoms with Crippen LogP contribution in [0.4, 0.5) is 27.8 Å². The molecule has 2 aromatic rings. The number of aromatic nitrogens is 2. The first-order valence-corrected chi connectivity index (χ1v) is 7.41. The lowest BCUT2D eigenvalue weighted by Crippen LogP contribution is -2.39. The molecule has 0 bridgehead atoms. The second-order valence-electron chi connectivity index (χ2n) is 5.61. The largest absolute Gasteiger partial charge is 0.406 e. The summed E-state index contributed by atoms with van der Waals surface area (Å²) in [7, 11) is 0. The normalized spacial score (nSPS) is 18.4. The summed E-state index contributed by atoms with van der Waals surface area (Å²) in [5, 5.41) is 3.11. The van der Waals surface area contributed by atoms with Gasteiger partial charge in [0.05, 0.1) is 5.52 Å². The first-order valence-electron chi connectivity index (χ1n) is 7.41. The molecule has 1 amide bonds. The number of hydrogen-bond donors (Lipinski definition) is 1. The van der Waals surface area contributed by atoms with Crippen LogP contribution in [-0.4, -0.2) is 46.1 Å². The summed E-state index contributed by atoms with van der Waals surface area (Å²) >= 11 is 0. The number of nitrogens with zero attached hydrogens (tertiary/aromatic N) is 3. The molecule has 25 heavy (non-hydrogen) atoms. The van der Waals surface area contributed by atoms with Crippen molar-refractivity contribution >= 4 is 22.6 Å². The van der Waals surface area contributed by atoms with Gasteiger partial charge < -0.3 is 10.2 Å². The molecule has 1 aromatic heterocycles. The predicted molar refractivity (Wildman–Crippen MR) is 79.2 cm³/mol. The molecular weight excluding hydrogens is 347 g/mol. The molecule has 5 nitrogen and oxygen atoms in total. The Morgan fingerprint density at radius 3 is 2.64 bits per heavy atom. The van der Waals surface area contributed by atoms with Gasteiger partial charge in [0, 0.05) is 11.9 Å². The van der Waals surface area contributed by atoms with Crippen molar-refractivity contribution in [2.24, 2.45) is 0 Å². The lowest BCUT2D eigenvalue weighted by molar-refractivity contribution is -0.157. The number of carbonyl (C=O) groups is 1. The van der Waals surface area contributed by atoms with Gasteiger partial charge in [-0.25, -0.2) is 18.7 Å². The van der Waals surface area contributed by atoms with Crippen molar-refractivity contribution in [3.8, 4) is 0 Å². The highest BCUT2D eigenvalue weighted by molar-refractivity contribution is 5.93. The van der Waals surface area contributed by atoms with Crippen molar-refractivity contribution in [1.82, 2.24) is 14.9 Å². The molecule has 0 radical (unpaired) electrons. The summed E-state index contributed by atoms with van der Waals surface area (Å²) in [6, 6.07) is 5.40. The molecule has 1 N–H and O–H groups in total. The van der Waals surface area contributed by atoms with E-state index in [0.717, 1.165) is 0 Å². The van der Waals surface area contributed by atoms with Crippen LogP contribution in [0.3, 0.4) is 0 Å². The lowest BCUT2D eigenvalue weighted by Gasteiger charge is -2.19. The molecule has 1 unspecified atom stereocenters. The zero-order valence-corrected chi connectivity index (χ0v) is 12.7. The Morgan fingerprint density at radius 2 is 1.96 bits per heavy atom. The number of benzene rings is 1. The molecule has 1 aromatic carbocycles. The molecule has 10 heteroatoms. The number of carbonyl (C=O) groups excluding carboxylic acids is 1. The SMILES string of the molecule is O=C1C(Nc2nc(C(F)F)nc3ccccc23)CCN1CC(F)(F)F. The molecule has 1 aliphatic heterocycles. The monoisotopic (exact) mass is 360 g/mol. The third-order valence-corrected chi connectivity index (χ3v) is 3.79. The van der Waals surface area contributed by atoms with Gasteiger partial charge in [-0.3, -0.25) is 4.79 Å². The number of rotatable bonds is 4. The highest BCUT2D eigenvalue weighted by atomic mass is 19.4. The van der Waals surface area contributed by atoms with Crippen molar-refractivity contribution in [3.63, 3.8) is 0 Å². The summed E-state index contributed by atoms with van der Waals surface area (Å²) in [5.74, 6) is -1.44. The summed E-state index contributed by atoms with van der Waals surface area (Å²) in [5.41, 5.74) is 0.257. The van der Waals surface area contributed by atoms with Crippen LogP contribution in [0.25, 0.3) is 10.9 Å². The molecular formula is C15H13F5N4O. The standard InChI is InChI=1S/C15H13F5N4O/c16-11(17)13-21-9-4-2-1-3-8(9)12(23-13)22-10-5-6-24(14(10)25)7-15(18,19)20/h1-4,10-11H,5-7H2,(H,21,22,23). The number of halogens is 5. The van der Waals surface area contributed by atoms with Crippen molar-refractivity contribution in [2.45, 2.75) is 25.1 Å². The topological polar surface area (TPSA) is 58.1 Å². The number of anilines is 1. The van der Waals surface area contributed by atoms with Gasteiger partial charge in [0.15, 0.2) is 5.82 Å². The van der Waals surface area contributed by atoms with Gasteiger partial charge in [-0.15, -0.1) is 0 Å². The average molecular weight is 360 g/mol. The van der Waals surface area contributed by atoms with E-state index in [9.17, 15) is 26.7 Å². The molecule has 0 aliphatic carbocycles. The Labute approximate surface area is 138 Å². The highest BCUT2D eigenvalue weighted by Gasteiger charge is 2.39. The lowest BCUT2D eigenvalue weighted by atomic mass is 10.2. The molecule has 1 saturated heterocycles.